The average Bonchev–Trinajstić information content (AvgIpc) is 3.05. The van der Waals surface area contributed by atoms with Gasteiger partial charge in [0.2, 0.25) is 5.82 Å². The van der Waals surface area contributed by atoms with Crippen LogP contribution >= 0.6 is 11.6 Å². The first kappa shape index (κ1) is 17.2. The van der Waals surface area contributed by atoms with E-state index in [1.165, 1.54) is 22.9 Å². The van der Waals surface area contributed by atoms with Gasteiger partial charge in [0.05, 0.1) is 0 Å². The highest BCUT2D eigenvalue weighted by Gasteiger charge is 2.38. The molecule has 0 bridgehead atoms. The Labute approximate surface area is 144 Å². The van der Waals surface area contributed by atoms with Gasteiger partial charge in [0, 0.05) is 29.4 Å². The van der Waals surface area contributed by atoms with Crippen LogP contribution in [0.25, 0.3) is 11.4 Å². The van der Waals surface area contributed by atoms with E-state index in [-0.39, 0.29) is 16.9 Å². The summed E-state index contributed by atoms with van der Waals surface area (Å²) in [6.07, 6.45) is -2.63. The van der Waals surface area contributed by atoms with E-state index in [2.05, 4.69) is 14.7 Å². The molecule has 0 saturated heterocycles. The van der Waals surface area contributed by atoms with Crippen LogP contribution in [0, 0.1) is 0 Å². The standard InChI is InChI=1S/C16H11ClF3N3O2/c17-12-3-1-10(2-4-12)5-7-23-8-6-11(9-13(23)24)14-21-15(25-22-14)16(18,19)20/h1-4,6,8-9H,5,7H2. The minimum absolute atomic E-state index is 0.159. The maximum atomic E-state index is 12.5. The van der Waals surface area contributed by atoms with Gasteiger partial charge in [0.1, 0.15) is 0 Å². The molecule has 0 aliphatic carbocycles. The van der Waals surface area contributed by atoms with Crippen molar-refractivity contribution in [2.24, 2.45) is 0 Å². The average molecular weight is 370 g/mol. The Morgan fingerprint density at radius 2 is 1.88 bits per heavy atom. The summed E-state index contributed by atoms with van der Waals surface area (Å²) >= 11 is 5.81. The number of halogens is 4. The summed E-state index contributed by atoms with van der Waals surface area (Å²) in [5, 5.41) is 3.89. The molecule has 5 nitrogen and oxygen atoms in total. The Balaban J connectivity index is 1.75. The second kappa shape index (κ2) is 6.72. The van der Waals surface area contributed by atoms with Crippen molar-refractivity contribution < 1.29 is 17.7 Å². The summed E-state index contributed by atoms with van der Waals surface area (Å²) in [6.45, 7) is 0.417. The first-order valence-corrected chi connectivity index (χ1v) is 7.57. The van der Waals surface area contributed by atoms with E-state index < -0.39 is 12.1 Å². The van der Waals surface area contributed by atoms with E-state index in [1.54, 1.807) is 12.1 Å². The minimum atomic E-state index is -4.72. The number of pyridine rings is 1. The van der Waals surface area contributed by atoms with Crippen molar-refractivity contribution in [3.05, 3.63) is 69.4 Å². The van der Waals surface area contributed by atoms with Crippen molar-refractivity contribution in [2.75, 3.05) is 0 Å². The van der Waals surface area contributed by atoms with Gasteiger partial charge in [0.25, 0.3) is 5.56 Å². The third kappa shape index (κ3) is 4.08. The van der Waals surface area contributed by atoms with E-state index in [0.29, 0.717) is 18.0 Å². The largest absolute Gasteiger partial charge is 0.471 e. The van der Waals surface area contributed by atoms with Gasteiger partial charge in [-0.05, 0) is 30.2 Å². The van der Waals surface area contributed by atoms with Gasteiger partial charge in [-0.15, -0.1) is 0 Å². The van der Waals surface area contributed by atoms with Crippen molar-refractivity contribution in [3.63, 3.8) is 0 Å². The van der Waals surface area contributed by atoms with Crippen LogP contribution in [0.4, 0.5) is 13.2 Å². The van der Waals surface area contributed by atoms with Crippen LogP contribution < -0.4 is 5.56 Å². The number of hydrogen-bond donors (Lipinski definition) is 0. The van der Waals surface area contributed by atoms with Crippen molar-refractivity contribution in [1.29, 1.82) is 0 Å². The second-order valence-corrected chi connectivity index (χ2v) is 5.68. The number of aryl methyl sites for hydroxylation is 2. The van der Waals surface area contributed by atoms with Crippen molar-refractivity contribution >= 4 is 11.6 Å². The smallest absolute Gasteiger partial charge is 0.329 e. The molecular formula is C16H11ClF3N3O2. The molecular weight excluding hydrogens is 359 g/mol. The highest BCUT2D eigenvalue weighted by Crippen LogP contribution is 2.29. The lowest BCUT2D eigenvalue weighted by atomic mass is 10.1. The Morgan fingerprint density at radius 1 is 1.16 bits per heavy atom. The molecule has 0 N–H and O–H groups in total. The summed E-state index contributed by atoms with van der Waals surface area (Å²) < 4.78 is 43.0. The SMILES string of the molecule is O=c1cc(-c2noc(C(F)(F)F)n2)ccn1CCc1ccc(Cl)cc1. The van der Waals surface area contributed by atoms with Crippen LogP contribution in [0.3, 0.4) is 0 Å². The number of hydrogen-bond acceptors (Lipinski definition) is 4. The van der Waals surface area contributed by atoms with Crippen LogP contribution in [-0.4, -0.2) is 14.7 Å². The van der Waals surface area contributed by atoms with E-state index >= 15 is 0 Å². The fourth-order valence-electron chi connectivity index (χ4n) is 2.19. The highest BCUT2D eigenvalue weighted by atomic mass is 35.5. The van der Waals surface area contributed by atoms with Gasteiger partial charge in [0.15, 0.2) is 0 Å². The number of rotatable bonds is 4. The van der Waals surface area contributed by atoms with Crippen molar-refractivity contribution in [3.8, 4) is 11.4 Å². The first-order valence-electron chi connectivity index (χ1n) is 7.19. The molecule has 130 valence electrons. The van der Waals surface area contributed by atoms with Gasteiger partial charge >= 0.3 is 12.1 Å². The van der Waals surface area contributed by atoms with E-state index in [0.717, 1.165) is 5.56 Å². The van der Waals surface area contributed by atoms with Crippen LogP contribution in [0.5, 0.6) is 0 Å². The lowest BCUT2D eigenvalue weighted by Crippen LogP contribution is -2.19. The molecule has 0 atom stereocenters. The first-order chi connectivity index (χ1) is 11.8. The monoisotopic (exact) mass is 369 g/mol. The Hall–Kier alpha value is -2.61. The van der Waals surface area contributed by atoms with E-state index in [1.807, 2.05) is 12.1 Å². The van der Waals surface area contributed by atoms with Gasteiger partial charge < -0.3 is 9.09 Å². The minimum Gasteiger partial charge on any atom is -0.329 e. The van der Waals surface area contributed by atoms with E-state index in [9.17, 15) is 18.0 Å². The maximum Gasteiger partial charge on any atom is 0.471 e. The molecule has 9 heteroatoms. The third-order valence-electron chi connectivity index (χ3n) is 3.48. The molecule has 0 radical (unpaired) electrons. The lowest BCUT2D eigenvalue weighted by molar-refractivity contribution is -0.159. The molecule has 0 unspecified atom stereocenters. The Bertz CT molecular complexity index is 933. The zero-order chi connectivity index (χ0) is 18.0. The van der Waals surface area contributed by atoms with Crippen LogP contribution in [0.2, 0.25) is 5.02 Å². The fourth-order valence-corrected chi connectivity index (χ4v) is 2.31. The number of aromatic nitrogens is 3. The quantitative estimate of drug-likeness (QED) is 0.701. The topological polar surface area (TPSA) is 60.9 Å². The molecule has 2 aromatic heterocycles. The van der Waals surface area contributed by atoms with Crippen molar-refractivity contribution in [2.45, 2.75) is 19.1 Å². The van der Waals surface area contributed by atoms with Crippen LogP contribution in [0.15, 0.2) is 51.9 Å². The second-order valence-electron chi connectivity index (χ2n) is 5.24. The van der Waals surface area contributed by atoms with Crippen LogP contribution in [-0.2, 0) is 19.1 Å². The molecule has 0 amide bonds. The maximum absolute atomic E-state index is 12.5. The molecule has 3 rings (SSSR count). The van der Waals surface area contributed by atoms with Gasteiger partial charge in [-0.1, -0.05) is 28.9 Å². The third-order valence-corrected chi connectivity index (χ3v) is 3.73. The zero-order valence-corrected chi connectivity index (χ0v) is 13.4. The van der Waals surface area contributed by atoms with Gasteiger partial charge in [-0.2, -0.15) is 18.2 Å². The van der Waals surface area contributed by atoms with Crippen LogP contribution in [0.1, 0.15) is 11.5 Å². The normalized spacial score (nSPS) is 11.7. The summed E-state index contributed by atoms with van der Waals surface area (Å²) in [5.41, 5.74) is 0.796. The Morgan fingerprint density at radius 3 is 2.48 bits per heavy atom. The lowest BCUT2D eigenvalue weighted by Gasteiger charge is -2.06. The fraction of sp³-hybridized carbons (Fsp3) is 0.188. The predicted molar refractivity (Wildman–Crippen MR) is 84.2 cm³/mol. The number of benzene rings is 1. The molecule has 3 aromatic rings. The van der Waals surface area contributed by atoms with E-state index in [4.69, 9.17) is 11.6 Å². The molecule has 0 spiro atoms. The molecule has 25 heavy (non-hydrogen) atoms. The molecule has 0 aliphatic rings. The van der Waals surface area contributed by atoms with Gasteiger partial charge in [-0.3, -0.25) is 4.79 Å². The molecule has 2 heterocycles. The summed E-state index contributed by atoms with van der Waals surface area (Å²) in [6, 6.07) is 9.88. The number of alkyl halides is 3. The highest BCUT2D eigenvalue weighted by molar-refractivity contribution is 6.30. The molecule has 0 fully saturated rings. The summed E-state index contributed by atoms with van der Waals surface area (Å²) in [5.74, 6) is -1.73. The molecule has 0 aliphatic heterocycles. The summed E-state index contributed by atoms with van der Waals surface area (Å²) in [4.78, 5) is 15.4. The Kier molecular flexibility index (Phi) is 4.63. The van der Waals surface area contributed by atoms with Crippen molar-refractivity contribution in [1.82, 2.24) is 14.7 Å². The molecule has 1 aromatic carbocycles. The zero-order valence-electron chi connectivity index (χ0n) is 12.6. The molecule has 0 saturated carbocycles. The van der Waals surface area contributed by atoms with Gasteiger partial charge in [-0.25, -0.2) is 0 Å². The summed E-state index contributed by atoms with van der Waals surface area (Å²) in [7, 11) is 0. The number of nitrogens with zero attached hydrogens (tertiary/aromatic N) is 3. The predicted octanol–water partition coefficient (Wildman–Crippen LogP) is 3.81.